The molecular weight excluding hydrogens is 522 g/mol. The molecule has 2 aromatic rings. The fraction of sp³-hybridized carbons (Fsp3) is 0.294. The van der Waals surface area contributed by atoms with E-state index < -0.39 is 5.79 Å². The average Bonchev–Trinajstić information content (AvgIpc) is 3.03. The van der Waals surface area contributed by atoms with Crippen molar-refractivity contribution >= 4 is 56.9 Å². The van der Waals surface area contributed by atoms with Crippen molar-refractivity contribution in [2.24, 2.45) is 0 Å². The molecule has 1 spiro atoms. The van der Waals surface area contributed by atoms with Gasteiger partial charge in [-0.1, -0.05) is 24.3 Å². The lowest BCUT2D eigenvalue weighted by molar-refractivity contribution is -0.208. The van der Waals surface area contributed by atoms with E-state index in [1.807, 2.05) is 11.8 Å². The Hall–Kier alpha value is 0.01000. The Labute approximate surface area is 160 Å². The largest absolute Gasteiger partial charge is 0.460 e. The summed E-state index contributed by atoms with van der Waals surface area (Å²) in [7, 11) is 0. The van der Waals surface area contributed by atoms with Crippen LogP contribution in [0.4, 0.5) is 0 Å². The summed E-state index contributed by atoms with van der Waals surface area (Å²) in [4.78, 5) is 0. The summed E-state index contributed by atoms with van der Waals surface area (Å²) in [5, 5.41) is 0.794. The number of hydrogen-bond acceptors (Lipinski definition) is 3. The minimum Gasteiger partial charge on any atom is -0.460 e. The van der Waals surface area contributed by atoms with Gasteiger partial charge in [0.15, 0.2) is 0 Å². The van der Waals surface area contributed by atoms with Gasteiger partial charge >= 0.3 is 0 Å². The molecule has 0 radical (unpaired) electrons. The molecule has 3 aliphatic heterocycles. The van der Waals surface area contributed by atoms with E-state index in [4.69, 9.17) is 9.47 Å². The Kier molecular flexibility index (Phi) is 3.27. The summed E-state index contributed by atoms with van der Waals surface area (Å²) in [5.41, 5.74) is 4.05. The van der Waals surface area contributed by atoms with Gasteiger partial charge < -0.3 is 9.47 Å². The van der Waals surface area contributed by atoms with Gasteiger partial charge in [-0.3, -0.25) is 0 Å². The molecule has 0 saturated carbocycles. The van der Waals surface area contributed by atoms with Gasteiger partial charge in [-0.05, 0) is 68.4 Å². The number of halogens is 2. The molecule has 0 aromatic heterocycles. The quantitative estimate of drug-likeness (QED) is 0.420. The minimum absolute atomic E-state index is 0.289. The Morgan fingerprint density at radius 3 is 2.82 bits per heavy atom. The van der Waals surface area contributed by atoms with Crippen molar-refractivity contribution in [1.29, 1.82) is 0 Å². The molecule has 2 nitrogen and oxygen atoms in total. The smallest absolute Gasteiger partial charge is 0.228 e. The van der Waals surface area contributed by atoms with Crippen LogP contribution in [0.15, 0.2) is 36.4 Å². The Morgan fingerprint density at radius 2 is 1.95 bits per heavy atom. The van der Waals surface area contributed by atoms with Gasteiger partial charge in [0.2, 0.25) is 5.79 Å². The van der Waals surface area contributed by atoms with Crippen molar-refractivity contribution in [1.82, 2.24) is 0 Å². The monoisotopic (exact) mass is 534 g/mol. The molecule has 112 valence electrons. The van der Waals surface area contributed by atoms with Gasteiger partial charge in [0, 0.05) is 24.4 Å². The molecular formula is C17H12I2O2S. The molecule has 5 rings (SSSR count). The molecule has 3 unspecified atom stereocenters. The third-order valence-corrected chi connectivity index (χ3v) is 7.88. The maximum absolute atomic E-state index is 6.48. The fourth-order valence-electron chi connectivity index (χ4n) is 3.67. The predicted molar refractivity (Wildman–Crippen MR) is 104 cm³/mol. The van der Waals surface area contributed by atoms with Crippen molar-refractivity contribution in [3.05, 3.63) is 60.2 Å². The first-order valence-electron chi connectivity index (χ1n) is 7.21. The zero-order chi connectivity index (χ0) is 14.9. The summed E-state index contributed by atoms with van der Waals surface area (Å²) in [6.07, 6.45) is 0.945. The van der Waals surface area contributed by atoms with Crippen LogP contribution in [0, 0.1) is 7.14 Å². The number of fused-ring (bicyclic) bond motifs is 7. The van der Waals surface area contributed by atoms with Crippen LogP contribution >= 0.6 is 56.9 Å². The van der Waals surface area contributed by atoms with Crippen LogP contribution in [0.25, 0.3) is 0 Å². The van der Waals surface area contributed by atoms with Crippen molar-refractivity contribution in [2.45, 2.75) is 29.3 Å². The molecule has 2 bridgehead atoms. The molecule has 3 heterocycles. The summed E-state index contributed by atoms with van der Waals surface area (Å²) in [5.74, 6) is 0.526. The maximum atomic E-state index is 6.48. The lowest BCUT2D eigenvalue weighted by atomic mass is 9.86. The number of ether oxygens (including phenoxy) is 2. The van der Waals surface area contributed by atoms with E-state index in [-0.39, 0.29) is 5.25 Å². The van der Waals surface area contributed by atoms with Crippen LogP contribution in [-0.4, -0.2) is 5.79 Å². The molecule has 3 aliphatic rings. The summed E-state index contributed by atoms with van der Waals surface area (Å²) in [6, 6.07) is 13.1. The summed E-state index contributed by atoms with van der Waals surface area (Å²) >= 11 is 6.72. The van der Waals surface area contributed by atoms with Crippen LogP contribution < -0.4 is 4.74 Å². The first-order valence-corrected chi connectivity index (χ1v) is 10.3. The Balaban J connectivity index is 1.59. The van der Waals surface area contributed by atoms with Gasteiger partial charge in [-0.15, -0.1) is 11.8 Å². The fourth-order valence-corrected chi connectivity index (χ4v) is 7.42. The Morgan fingerprint density at radius 1 is 1.14 bits per heavy atom. The van der Waals surface area contributed by atoms with Crippen LogP contribution in [-0.2, 0) is 11.3 Å². The third-order valence-electron chi connectivity index (χ3n) is 4.66. The highest BCUT2D eigenvalue weighted by atomic mass is 127. The lowest BCUT2D eigenvalue weighted by Crippen LogP contribution is -2.45. The molecule has 2 aromatic carbocycles. The summed E-state index contributed by atoms with van der Waals surface area (Å²) in [6.45, 7) is 0.649. The minimum atomic E-state index is -0.482. The third kappa shape index (κ3) is 1.94. The van der Waals surface area contributed by atoms with E-state index in [2.05, 4.69) is 81.6 Å². The second-order valence-electron chi connectivity index (χ2n) is 5.90. The number of benzene rings is 2. The molecule has 0 aliphatic carbocycles. The van der Waals surface area contributed by atoms with Crippen LogP contribution in [0.3, 0.4) is 0 Å². The summed E-state index contributed by atoms with van der Waals surface area (Å²) < 4.78 is 15.2. The van der Waals surface area contributed by atoms with Crippen LogP contribution in [0.2, 0.25) is 0 Å². The second-order valence-corrected chi connectivity index (χ2v) is 9.63. The van der Waals surface area contributed by atoms with E-state index in [1.54, 1.807) is 0 Å². The first-order chi connectivity index (χ1) is 10.7. The number of thioether (sulfide) groups is 1. The highest BCUT2D eigenvalue weighted by molar-refractivity contribution is 14.1. The maximum Gasteiger partial charge on any atom is 0.228 e. The molecule has 5 heteroatoms. The number of rotatable bonds is 0. The van der Waals surface area contributed by atoms with Crippen molar-refractivity contribution < 1.29 is 9.47 Å². The molecule has 1 saturated heterocycles. The second kappa shape index (κ2) is 5.00. The predicted octanol–water partition coefficient (Wildman–Crippen LogP) is 5.43. The van der Waals surface area contributed by atoms with Crippen molar-refractivity contribution in [2.75, 3.05) is 0 Å². The van der Waals surface area contributed by atoms with Gasteiger partial charge in [-0.2, -0.15) is 0 Å². The van der Waals surface area contributed by atoms with Crippen LogP contribution in [0.1, 0.15) is 33.6 Å². The standard InChI is InChI=1S/C17H12I2O2S/c18-9-5-13(19)12-8-20-17(21-14(12)6-9)7-15-10-3-1-2-4-11(10)16(17)22-15/h1-6,15-16H,7-8H2. The highest BCUT2D eigenvalue weighted by Gasteiger charge is 2.59. The van der Waals surface area contributed by atoms with E-state index in [0.29, 0.717) is 11.9 Å². The molecule has 22 heavy (non-hydrogen) atoms. The zero-order valence-corrected chi connectivity index (χ0v) is 16.6. The normalized spacial score (nSPS) is 31.0. The van der Waals surface area contributed by atoms with E-state index in [9.17, 15) is 0 Å². The van der Waals surface area contributed by atoms with Gasteiger partial charge in [-0.25, -0.2) is 0 Å². The lowest BCUT2D eigenvalue weighted by Gasteiger charge is -2.41. The van der Waals surface area contributed by atoms with E-state index in [0.717, 1.165) is 12.2 Å². The molecule has 1 fully saturated rings. The van der Waals surface area contributed by atoms with E-state index >= 15 is 0 Å². The first kappa shape index (κ1) is 14.4. The molecule has 3 atom stereocenters. The zero-order valence-electron chi connectivity index (χ0n) is 11.5. The SMILES string of the molecule is Ic1cc(I)c2c(c1)OC1(CC3SC1c1ccccc13)OC2. The average molecular weight is 534 g/mol. The van der Waals surface area contributed by atoms with Gasteiger partial charge in [0.05, 0.1) is 11.9 Å². The highest BCUT2D eigenvalue weighted by Crippen LogP contribution is 2.67. The molecule has 0 N–H and O–H groups in total. The number of hydrogen-bond donors (Lipinski definition) is 0. The van der Waals surface area contributed by atoms with Gasteiger partial charge in [0.25, 0.3) is 0 Å². The Bertz CT molecular complexity index is 794. The van der Waals surface area contributed by atoms with Crippen molar-refractivity contribution in [3.63, 3.8) is 0 Å². The molecule has 0 amide bonds. The van der Waals surface area contributed by atoms with Crippen molar-refractivity contribution in [3.8, 4) is 5.75 Å². The van der Waals surface area contributed by atoms with E-state index in [1.165, 1.54) is 23.8 Å². The van der Waals surface area contributed by atoms with Gasteiger partial charge in [0.1, 0.15) is 5.75 Å². The topological polar surface area (TPSA) is 18.5 Å². The van der Waals surface area contributed by atoms with Crippen LogP contribution in [0.5, 0.6) is 5.75 Å².